The van der Waals surface area contributed by atoms with Crippen molar-refractivity contribution < 1.29 is 9.59 Å². The molecule has 5 nitrogen and oxygen atoms in total. The zero-order chi connectivity index (χ0) is 17.6. The Bertz CT molecular complexity index is 921. The van der Waals surface area contributed by atoms with E-state index in [4.69, 9.17) is 0 Å². The fraction of sp³-hybridized carbons (Fsp3) is 0.100. The molecule has 25 heavy (non-hydrogen) atoms. The van der Waals surface area contributed by atoms with Crippen molar-refractivity contribution in [3.05, 3.63) is 72.3 Å². The van der Waals surface area contributed by atoms with Gasteiger partial charge in [-0.25, -0.2) is 4.79 Å². The van der Waals surface area contributed by atoms with Crippen molar-refractivity contribution in [3.63, 3.8) is 0 Å². The molecule has 3 rings (SSSR count). The van der Waals surface area contributed by atoms with Crippen LogP contribution in [-0.2, 0) is 11.2 Å². The van der Waals surface area contributed by atoms with Crippen LogP contribution in [0.5, 0.6) is 0 Å². The lowest BCUT2D eigenvalue weighted by Crippen LogP contribution is -2.24. The van der Waals surface area contributed by atoms with Crippen molar-refractivity contribution in [3.8, 4) is 0 Å². The second kappa shape index (κ2) is 7.49. The summed E-state index contributed by atoms with van der Waals surface area (Å²) < 4.78 is 0. The van der Waals surface area contributed by atoms with E-state index in [2.05, 4.69) is 16.0 Å². The highest BCUT2D eigenvalue weighted by Crippen LogP contribution is 2.18. The van der Waals surface area contributed by atoms with Crippen LogP contribution in [0.15, 0.2) is 66.7 Å². The maximum absolute atomic E-state index is 12.3. The SMILES string of the molecule is CNC(=O)Nc1cccc(NC(=O)Cc2ccc3ccccc3c2)c1. The highest BCUT2D eigenvalue weighted by molar-refractivity contribution is 5.95. The summed E-state index contributed by atoms with van der Waals surface area (Å²) in [6.45, 7) is 0. The van der Waals surface area contributed by atoms with Crippen molar-refractivity contribution in [2.45, 2.75) is 6.42 Å². The van der Waals surface area contributed by atoms with E-state index in [0.717, 1.165) is 16.3 Å². The first-order valence-electron chi connectivity index (χ1n) is 8.00. The third-order valence-electron chi connectivity index (χ3n) is 3.81. The van der Waals surface area contributed by atoms with Crippen molar-refractivity contribution in [1.29, 1.82) is 0 Å². The summed E-state index contributed by atoms with van der Waals surface area (Å²) in [5.41, 5.74) is 2.21. The summed E-state index contributed by atoms with van der Waals surface area (Å²) in [6.07, 6.45) is 0.290. The van der Waals surface area contributed by atoms with Gasteiger partial charge in [0.25, 0.3) is 0 Å². The van der Waals surface area contributed by atoms with E-state index in [1.165, 1.54) is 0 Å². The normalized spacial score (nSPS) is 10.3. The Balaban J connectivity index is 1.67. The Morgan fingerprint density at radius 1 is 0.800 bits per heavy atom. The second-order valence-electron chi connectivity index (χ2n) is 5.69. The van der Waals surface area contributed by atoms with Gasteiger partial charge < -0.3 is 16.0 Å². The fourth-order valence-corrected chi connectivity index (χ4v) is 2.61. The van der Waals surface area contributed by atoms with Crippen molar-refractivity contribution in [1.82, 2.24) is 5.32 Å². The topological polar surface area (TPSA) is 70.2 Å². The molecule has 3 aromatic carbocycles. The monoisotopic (exact) mass is 333 g/mol. The molecular formula is C20H19N3O2. The number of benzene rings is 3. The third kappa shape index (κ3) is 4.35. The van der Waals surface area contributed by atoms with E-state index >= 15 is 0 Å². The molecule has 0 aliphatic carbocycles. The fourth-order valence-electron chi connectivity index (χ4n) is 2.61. The molecule has 0 aliphatic heterocycles. The number of fused-ring (bicyclic) bond motifs is 1. The molecule has 0 saturated carbocycles. The number of hydrogen-bond acceptors (Lipinski definition) is 2. The summed E-state index contributed by atoms with van der Waals surface area (Å²) in [7, 11) is 1.55. The minimum absolute atomic E-state index is 0.104. The van der Waals surface area contributed by atoms with Gasteiger partial charge in [-0.3, -0.25) is 4.79 Å². The van der Waals surface area contributed by atoms with Crippen molar-refractivity contribution in [2.24, 2.45) is 0 Å². The predicted octanol–water partition coefficient (Wildman–Crippen LogP) is 3.77. The Morgan fingerprint density at radius 2 is 1.52 bits per heavy atom. The van der Waals surface area contributed by atoms with Gasteiger partial charge >= 0.3 is 6.03 Å². The Morgan fingerprint density at radius 3 is 2.28 bits per heavy atom. The summed E-state index contributed by atoms with van der Waals surface area (Å²) in [4.78, 5) is 23.7. The molecule has 3 N–H and O–H groups in total. The first-order valence-corrected chi connectivity index (χ1v) is 8.00. The van der Waals surface area contributed by atoms with Gasteiger partial charge in [-0.15, -0.1) is 0 Å². The molecule has 0 fully saturated rings. The molecule has 126 valence electrons. The molecule has 3 amide bonds. The quantitative estimate of drug-likeness (QED) is 0.680. The van der Waals surface area contributed by atoms with Crippen LogP contribution in [0.2, 0.25) is 0 Å². The summed E-state index contributed by atoms with van der Waals surface area (Å²) in [6, 6.07) is 20.8. The lowest BCUT2D eigenvalue weighted by molar-refractivity contribution is -0.115. The van der Waals surface area contributed by atoms with E-state index in [1.54, 1.807) is 31.3 Å². The number of amides is 3. The van der Waals surface area contributed by atoms with Crippen LogP contribution in [0.25, 0.3) is 10.8 Å². The van der Waals surface area contributed by atoms with Crippen LogP contribution in [-0.4, -0.2) is 19.0 Å². The molecule has 3 aromatic rings. The number of urea groups is 1. The van der Waals surface area contributed by atoms with Gasteiger partial charge in [0.2, 0.25) is 5.91 Å². The molecule has 0 bridgehead atoms. The number of carbonyl (C=O) groups is 2. The summed E-state index contributed by atoms with van der Waals surface area (Å²) >= 11 is 0. The Kier molecular flexibility index (Phi) is 4.95. The maximum Gasteiger partial charge on any atom is 0.318 e. The van der Waals surface area contributed by atoms with Gasteiger partial charge in [0.05, 0.1) is 6.42 Å². The number of carbonyl (C=O) groups excluding carboxylic acids is 2. The van der Waals surface area contributed by atoms with E-state index in [0.29, 0.717) is 11.4 Å². The molecule has 0 aromatic heterocycles. The number of hydrogen-bond donors (Lipinski definition) is 3. The van der Waals surface area contributed by atoms with Gasteiger partial charge in [0.1, 0.15) is 0 Å². The van der Waals surface area contributed by atoms with Crippen LogP contribution in [0.3, 0.4) is 0 Å². The zero-order valence-electron chi connectivity index (χ0n) is 13.9. The van der Waals surface area contributed by atoms with Gasteiger partial charge in [0.15, 0.2) is 0 Å². The van der Waals surface area contributed by atoms with Crippen LogP contribution in [0, 0.1) is 0 Å². The first-order chi connectivity index (χ1) is 12.1. The molecule has 0 spiro atoms. The predicted molar refractivity (Wildman–Crippen MR) is 101 cm³/mol. The molecule has 0 aliphatic rings. The lowest BCUT2D eigenvalue weighted by Gasteiger charge is -2.09. The van der Waals surface area contributed by atoms with E-state index in [-0.39, 0.29) is 18.4 Å². The average Bonchev–Trinajstić information content (AvgIpc) is 2.61. The van der Waals surface area contributed by atoms with Gasteiger partial charge in [-0.2, -0.15) is 0 Å². The smallest absolute Gasteiger partial charge is 0.318 e. The third-order valence-corrected chi connectivity index (χ3v) is 3.81. The summed E-state index contributed by atoms with van der Waals surface area (Å²) in [5.74, 6) is -0.104. The van der Waals surface area contributed by atoms with Crippen LogP contribution >= 0.6 is 0 Å². The molecule has 5 heteroatoms. The van der Waals surface area contributed by atoms with Crippen LogP contribution < -0.4 is 16.0 Å². The highest BCUT2D eigenvalue weighted by atomic mass is 16.2. The number of anilines is 2. The zero-order valence-corrected chi connectivity index (χ0v) is 13.9. The molecule has 0 saturated heterocycles. The maximum atomic E-state index is 12.3. The van der Waals surface area contributed by atoms with Gasteiger partial charge in [-0.1, -0.05) is 48.5 Å². The van der Waals surface area contributed by atoms with E-state index in [9.17, 15) is 9.59 Å². The second-order valence-corrected chi connectivity index (χ2v) is 5.69. The standard InChI is InChI=1S/C20H19N3O2/c1-21-20(25)23-18-8-4-7-17(13-18)22-19(24)12-14-9-10-15-5-2-3-6-16(15)11-14/h2-11,13H,12H2,1H3,(H,22,24)(H2,21,23,25). The Hall–Kier alpha value is -3.34. The first kappa shape index (κ1) is 16.5. The molecule has 0 heterocycles. The number of rotatable bonds is 4. The Labute approximate surface area is 146 Å². The molecule has 0 atom stereocenters. The summed E-state index contributed by atoms with van der Waals surface area (Å²) in [5, 5.41) is 10.3. The molecule has 0 unspecified atom stereocenters. The minimum Gasteiger partial charge on any atom is -0.341 e. The van der Waals surface area contributed by atoms with Crippen LogP contribution in [0.4, 0.5) is 16.2 Å². The van der Waals surface area contributed by atoms with Crippen molar-refractivity contribution >= 4 is 34.1 Å². The molecule has 0 radical (unpaired) electrons. The largest absolute Gasteiger partial charge is 0.341 e. The lowest BCUT2D eigenvalue weighted by atomic mass is 10.0. The average molecular weight is 333 g/mol. The van der Waals surface area contributed by atoms with Gasteiger partial charge in [-0.05, 0) is 34.5 Å². The number of nitrogens with one attached hydrogen (secondary N) is 3. The highest BCUT2D eigenvalue weighted by Gasteiger charge is 2.06. The van der Waals surface area contributed by atoms with Crippen molar-refractivity contribution in [2.75, 3.05) is 17.7 Å². The molecular weight excluding hydrogens is 314 g/mol. The van der Waals surface area contributed by atoms with E-state index < -0.39 is 0 Å². The van der Waals surface area contributed by atoms with Crippen LogP contribution in [0.1, 0.15) is 5.56 Å². The minimum atomic E-state index is -0.306. The van der Waals surface area contributed by atoms with Gasteiger partial charge in [0, 0.05) is 18.4 Å². The van der Waals surface area contributed by atoms with E-state index in [1.807, 2.05) is 42.5 Å².